The molecule has 3 N–H and O–H groups in total. The predicted octanol–water partition coefficient (Wildman–Crippen LogP) is 2.51. The van der Waals surface area contributed by atoms with Gasteiger partial charge in [0, 0.05) is 32.6 Å². The molecule has 5 nitrogen and oxygen atoms in total. The number of nitrogens with one attached hydrogen (secondary N) is 1. The highest BCUT2D eigenvalue weighted by Crippen LogP contribution is 2.32. The van der Waals surface area contributed by atoms with E-state index in [0.29, 0.717) is 38.2 Å². The molecule has 2 unspecified atom stereocenters. The molecular formula is C19H26F3N3O2. The Bertz CT molecular complexity index is 664. The largest absolute Gasteiger partial charge is 0.416 e. The number of likely N-dealkylation sites (tertiary alicyclic amines) is 1. The van der Waals surface area contributed by atoms with Crippen molar-refractivity contribution in [1.29, 1.82) is 0 Å². The molecule has 1 aliphatic rings. The summed E-state index contributed by atoms with van der Waals surface area (Å²) in [6.45, 7) is 3.40. The van der Waals surface area contributed by atoms with E-state index in [2.05, 4.69) is 5.32 Å². The highest BCUT2D eigenvalue weighted by molar-refractivity contribution is 5.81. The lowest BCUT2D eigenvalue weighted by Gasteiger charge is -2.32. The molecule has 1 aliphatic heterocycles. The van der Waals surface area contributed by atoms with Gasteiger partial charge in [-0.25, -0.2) is 0 Å². The third-order valence-electron chi connectivity index (χ3n) is 4.85. The zero-order valence-electron chi connectivity index (χ0n) is 15.4. The molecule has 8 heteroatoms. The van der Waals surface area contributed by atoms with Crippen molar-refractivity contribution >= 4 is 11.8 Å². The monoisotopic (exact) mass is 385 g/mol. The van der Waals surface area contributed by atoms with Gasteiger partial charge in [0.25, 0.3) is 0 Å². The molecular weight excluding hydrogens is 359 g/mol. The molecule has 27 heavy (non-hydrogen) atoms. The Morgan fingerprint density at radius 1 is 1.37 bits per heavy atom. The smallest absolute Gasteiger partial charge is 0.355 e. The summed E-state index contributed by atoms with van der Waals surface area (Å²) >= 11 is 0. The van der Waals surface area contributed by atoms with Crippen LogP contribution in [0.5, 0.6) is 0 Å². The molecule has 1 aromatic rings. The van der Waals surface area contributed by atoms with E-state index >= 15 is 0 Å². The van der Waals surface area contributed by atoms with Crippen LogP contribution in [0.3, 0.4) is 0 Å². The number of carbonyl (C=O) groups is 2. The van der Waals surface area contributed by atoms with E-state index in [-0.39, 0.29) is 30.1 Å². The Morgan fingerprint density at radius 3 is 2.78 bits per heavy atom. The van der Waals surface area contributed by atoms with E-state index in [1.807, 2.05) is 0 Å². The third-order valence-corrected chi connectivity index (χ3v) is 4.85. The molecule has 0 aliphatic carbocycles. The zero-order valence-corrected chi connectivity index (χ0v) is 15.4. The lowest BCUT2D eigenvalue weighted by molar-refractivity contribution is -0.137. The zero-order chi connectivity index (χ0) is 20.0. The van der Waals surface area contributed by atoms with Crippen molar-refractivity contribution in [2.45, 2.75) is 38.3 Å². The number of piperidine rings is 1. The van der Waals surface area contributed by atoms with Crippen LogP contribution in [-0.4, -0.2) is 42.9 Å². The third kappa shape index (κ3) is 5.95. The number of nitrogens with zero attached hydrogens (tertiary/aromatic N) is 1. The standard InChI is InChI=1S/C19H26F3N3O2/c1-13(14-4-2-6-16(11-14)19(20,21)22)10-17(26)25-9-3-5-15(12-25)18(27)24-8-7-23/h2,4,6,11,13,15H,3,5,7-10,12,23H2,1H3,(H,24,27). The second kappa shape index (κ2) is 9.21. The van der Waals surface area contributed by atoms with Crippen LogP contribution in [0.25, 0.3) is 0 Å². The number of amides is 2. The van der Waals surface area contributed by atoms with Gasteiger partial charge in [-0.2, -0.15) is 13.2 Å². The number of hydrogen-bond donors (Lipinski definition) is 2. The molecule has 0 bridgehead atoms. The number of hydrogen-bond acceptors (Lipinski definition) is 3. The average molecular weight is 385 g/mol. The van der Waals surface area contributed by atoms with Crippen LogP contribution >= 0.6 is 0 Å². The summed E-state index contributed by atoms with van der Waals surface area (Å²) in [6, 6.07) is 5.08. The highest BCUT2D eigenvalue weighted by atomic mass is 19.4. The number of nitrogens with two attached hydrogens (primary N) is 1. The molecule has 0 spiro atoms. The highest BCUT2D eigenvalue weighted by Gasteiger charge is 2.32. The van der Waals surface area contributed by atoms with E-state index in [4.69, 9.17) is 5.73 Å². The van der Waals surface area contributed by atoms with Crippen LogP contribution < -0.4 is 11.1 Å². The number of halogens is 3. The topological polar surface area (TPSA) is 75.4 Å². The van der Waals surface area contributed by atoms with Gasteiger partial charge >= 0.3 is 6.18 Å². The van der Waals surface area contributed by atoms with Crippen molar-refractivity contribution in [2.24, 2.45) is 11.7 Å². The average Bonchev–Trinajstić information content (AvgIpc) is 2.65. The van der Waals surface area contributed by atoms with Crippen LogP contribution in [0.4, 0.5) is 13.2 Å². The van der Waals surface area contributed by atoms with Gasteiger partial charge in [0.1, 0.15) is 0 Å². The van der Waals surface area contributed by atoms with Gasteiger partial charge in [-0.05, 0) is 30.4 Å². The van der Waals surface area contributed by atoms with Crippen molar-refractivity contribution < 1.29 is 22.8 Å². The molecule has 2 amide bonds. The first-order valence-corrected chi connectivity index (χ1v) is 9.15. The summed E-state index contributed by atoms with van der Waals surface area (Å²) in [5.74, 6) is -0.857. The summed E-state index contributed by atoms with van der Waals surface area (Å²) in [4.78, 5) is 26.3. The van der Waals surface area contributed by atoms with E-state index in [1.165, 1.54) is 6.07 Å². The van der Waals surface area contributed by atoms with Crippen molar-refractivity contribution in [3.05, 3.63) is 35.4 Å². The van der Waals surface area contributed by atoms with Crippen LogP contribution in [0.1, 0.15) is 43.2 Å². The van der Waals surface area contributed by atoms with E-state index in [0.717, 1.165) is 18.6 Å². The molecule has 1 aromatic carbocycles. The first-order chi connectivity index (χ1) is 12.7. The maximum atomic E-state index is 12.9. The summed E-state index contributed by atoms with van der Waals surface area (Å²) < 4.78 is 38.6. The van der Waals surface area contributed by atoms with Crippen molar-refractivity contribution in [2.75, 3.05) is 26.2 Å². The van der Waals surface area contributed by atoms with Crippen LogP contribution in [0.2, 0.25) is 0 Å². The number of alkyl halides is 3. The Morgan fingerprint density at radius 2 is 2.11 bits per heavy atom. The first kappa shape index (κ1) is 21.2. The molecule has 2 atom stereocenters. The minimum atomic E-state index is -4.41. The second-order valence-corrected chi connectivity index (χ2v) is 6.99. The van der Waals surface area contributed by atoms with E-state index in [1.54, 1.807) is 17.9 Å². The fourth-order valence-corrected chi connectivity index (χ4v) is 3.29. The maximum absolute atomic E-state index is 12.9. The van der Waals surface area contributed by atoms with Gasteiger partial charge in [-0.15, -0.1) is 0 Å². The van der Waals surface area contributed by atoms with Gasteiger partial charge < -0.3 is 16.0 Å². The molecule has 1 saturated heterocycles. The number of carbonyl (C=O) groups excluding carboxylic acids is 2. The number of benzene rings is 1. The van der Waals surface area contributed by atoms with Crippen LogP contribution in [0.15, 0.2) is 24.3 Å². The SMILES string of the molecule is CC(CC(=O)N1CCCC(C(=O)NCCN)C1)c1cccc(C(F)(F)F)c1. The first-order valence-electron chi connectivity index (χ1n) is 9.15. The Kier molecular flexibility index (Phi) is 7.24. The van der Waals surface area contributed by atoms with Gasteiger partial charge in [0.2, 0.25) is 11.8 Å². The summed E-state index contributed by atoms with van der Waals surface area (Å²) in [5, 5.41) is 2.74. The van der Waals surface area contributed by atoms with Gasteiger partial charge in [0.05, 0.1) is 11.5 Å². The minimum Gasteiger partial charge on any atom is -0.355 e. The van der Waals surface area contributed by atoms with E-state index in [9.17, 15) is 22.8 Å². The molecule has 150 valence electrons. The van der Waals surface area contributed by atoms with Gasteiger partial charge in [0.15, 0.2) is 0 Å². The molecule has 0 radical (unpaired) electrons. The Balaban J connectivity index is 1.97. The summed E-state index contributed by atoms with van der Waals surface area (Å²) in [7, 11) is 0. The maximum Gasteiger partial charge on any atom is 0.416 e. The normalized spacial score (nSPS) is 18.9. The Labute approximate surface area is 157 Å². The second-order valence-electron chi connectivity index (χ2n) is 6.99. The molecule has 2 rings (SSSR count). The molecule has 1 fully saturated rings. The van der Waals surface area contributed by atoms with Gasteiger partial charge in [-0.3, -0.25) is 9.59 Å². The fourth-order valence-electron chi connectivity index (χ4n) is 3.29. The summed E-state index contributed by atoms with van der Waals surface area (Å²) in [5.41, 5.74) is 5.14. The number of rotatable bonds is 6. The minimum absolute atomic E-state index is 0.108. The van der Waals surface area contributed by atoms with Crippen LogP contribution in [0, 0.1) is 5.92 Å². The Hall–Kier alpha value is -2.09. The molecule has 0 aromatic heterocycles. The fraction of sp³-hybridized carbons (Fsp3) is 0.579. The lowest BCUT2D eigenvalue weighted by Crippen LogP contribution is -2.46. The molecule has 0 saturated carbocycles. The van der Waals surface area contributed by atoms with Crippen molar-refractivity contribution in [3.8, 4) is 0 Å². The lowest BCUT2D eigenvalue weighted by atomic mass is 9.93. The molecule has 1 heterocycles. The summed E-state index contributed by atoms with van der Waals surface area (Å²) in [6.07, 6.45) is -2.86. The predicted molar refractivity (Wildman–Crippen MR) is 95.8 cm³/mol. The van der Waals surface area contributed by atoms with Crippen molar-refractivity contribution in [1.82, 2.24) is 10.2 Å². The quantitative estimate of drug-likeness (QED) is 0.790. The van der Waals surface area contributed by atoms with E-state index < -0.39 is 11.7 Å². The van der Waals surface area contributed by atoms with Gasteiger partial charge in [-0.1, -0.05) is 25.1 Å². The van der Waals surface area contributed by atoms with Crippen LogP contribution in [-0.2, 0) is 15.8 Å². The van der Waals surface area contributed by atoms with Crippen molar-refractivity contribution in [3.63, 3.8) is 0 Å².